The topological polar surface area (TPSA) is 82.9 Å². The number of benzene rings is 3. The smallest absolute Gasteiger partial charge is 0.266 e. The molecule has 37 heavy (non-hydrogen) atoms. The van der Waals surface area contributed by atoms with E-state index in [1.165, 1.54) is 0 Å². The van der Waals surface area contributed by atoms with Crippen molar-refractivity contribution in [3.05, 3.63) is 94.5 Å². The number of hydrogen-bond acceptors (Lipinski definition) is 6. The van der Waals surface area contributed by atoms with Crippen LogP contribution in [0.2, 0.25) is 0 Å². The molecule has 1 aromatic heterocycles. The minimum Gasteiger partial charge on any atom is -0.493 e. The van der Waals surface area contributed by atoms with Gasteiger partial charge in [0.25, 0.3) is 11.5 Å². The summed E-state index contributed by atoms with van der Waals surface area (Å²) in [5.74, 6) is 1.40. The number of morpholine rings is 1. The van der Waals surface area contributed by atoms with Crippen molar-refractivity contribution in [3.63, 3.8) is 0 Å². The number of nitrogens with zero attached hydrogens (tertiary/aromatic N) is 3. The summed E-state index contributed by atoms with van der Waals surface area (Å²) in [6, 6.07) is 22.2. The molecule has 0 bridgehead atoms. The molecule has 4 aromatic rings. The molecule has 1 aliphatic rings. The van der Waals surface area contributed by atoms with Crippen molar-refractivity contribution in [2.24, 2.45) is 0 Å². The van der Waals surface area contributed by atoms with Crippen LogP contribution in [0.25, 0.3) is 28.7 Å². The van der Waals surface area contributed by atoms with Crippen LogP contribution in [-0.4, -0.2) is 60.4 Å². The Morgan fingerprint density at radius 3 is 2.51 bits per heavy atom. The third kappa shape index (κ3) is 5.39. The summed E-state index contributed by atoms with van der Waals surface area (Å²) < 4.78 is 18.2. The number of rotatable bonds is 7. The molecule has 0 spiro atoms. The van der Waals surface area contributed by atoms with Crippen LogP contribution in [0.5, 0.6) is 11.5 Å². The third-order valence-electron chi connectivity index (χ3n) is 6.14. The van der Waals surface area contributed by atoms with E-state index in [9.17, 15) is 9.59 Å². The molecular formula is C29H27N3O5. The number of amides is 1. The Kier molecular flexibility index (Phi) is 7.28. The van der Waals surface area contributed by atoms with Crippen molar-refractivity contribution in [1.29, 1.82) is 0 Å². The molecule has 5 rings (SSSR count). The fourth-order valence-corrected chi connectivity index (χ4v) is 4.21. The van der Waals surface area contributed by atoms with Crippen LogP contribution in [0.3, 0.4) is 0 Å². The van der Waals surface area contributed by atoms with Crippen molar-refractivity contribution in [3.8, 4) is 17.2 Å². The minimum atomic E-state index is -0.136. The van der Waals surface area contributed by atoms with Gasteiger partial charge in [-0.2, -0.15) is 0 Å². The summed E-state index contributed by atoms with van der Waals surface area (Å²) >= 11 is 0. The summed E-state index contributed by atoms with van der Waals surface area (Å²) in [6.07, 6.45) is 3.67. The van der Waals surface area contributed by atoms with Crippen LogP contribution in [-0.2, 0) is 9.53 Å². The van der Waals surface area contributed by atoms with Gasteiger partial charge in [0.05, 0.1) is 36.9 Å². The van der Waals surface area contributed by atoms with E-state index in [0.717, 1.165) is 11.3 Å². The van der Waals surface area contributed by atoms with Gasteiger partial charge in [0, 0.05) is 13.1 Å². The molecule has 0 atom stereocenters. The van der Waals surface area contributed by atoms with E-state index < -0.39 is 0 Å². The van der Waals surface area contributed by atoms with Gasteiger partial charge in [-0.25, -0.2) is 4.98 Å². The summed E-state index contributed by atoms with van der Waals surface area (Å²) in [5.41, 5.74) is 2.05. The average molecular weight is 498 g/mol. The molecule has 1 amide bonds. The van der Waals surface area contributed by atoms with Gasteiger partial charge >= 0.3 is 0 Å². The molecule has 8 heteroatoms. The highest BCUT2D eigenvalue weighted by Crippen LogP contribution is 2.29. The van der Waals surface area contributed by atoms with Gasteiger partial charge < -0.3 is 19.1 Å². The van der Waals surface area contributed by atoms with E-state index in [4.69, 9.17) is 19.2 Å². The number of methoxy groups -OCH3 is 1. The Morgan fingerprint density at radius 1 is 0.973 bits per heavy atom. The molecule has 0 saturated carbocycles. The van der Waals surface area contributed by atoms with Crippen molar-refractivity contribution < 1.29 is 19.0 Å². The largest absolute Gasteiger partial charge is 0.493 e. The van der Waals surface area contributed by atoms with E-state index in [-0.39, 0.29) is 18.1 Å². The molecule has 0 radical (unpaired) electrons. The number of aromatic nitrogens is 2. The van der Waals surface area contributed by atoms with Gasteiger partial charge in [0.15, 0.2) is 18.1 Å². The maximum absolute atomic E-state index is 13.4. The molecule has 8 nitrogen and oxygen atoms in total. The number of carbonyl (C=O) groups excluding carboxylic acids is 1. The van der Waals surface area contributed by atoms with Gasteiger partial charge in [-0.05, 0) is 48.0 Å². The first-order chi connectivity index (χ1) is 18.1. The van der Waals surface area contributed by atoms with Crippen LogP contribution < -0.4 is 15.0 Å². The summed E-state index contributed by atoms with van der Waals surface area (Å²) in [5, 5.41) is 0.554. The lowest BCUT2D eigenvalue weighted by atomic mass is 10.1. The highest BCUT2D eigenvalue weighted by atomic mass is 16.5. The van der Waals surface area contributed by atoms with E-state index >= 15 is 0 Å². The van der Waals surface area contributed by atoms with E-state index in [0.29, 0.717) is 54.5 Å². The maximum Gasteiger partial charge on any atom is 0.266 e. The lowest BCUT2D eigenvalue weighted by Crippen LogP contribution is -2.43. The average Bonchev–Trinajstić information content (AvgIpc) is 2.96. The summed E-state index contributed by atoms with van der Waals surface area (Å²) in [4.78, 5) is 32.3. The molecule has 2 heterocycles. The molecule has 0 unspecified atom stereocenters. The quantitative estimate of drug-likeness (QED) is 0.386. The molecule has 0 aliphatic carbocycles. The van der Waals surface area contributed by atoms with Crippen molar-refractivity contribution in [1.82, 2.24) is 14.5 Å². The van der Waals surface area contributed by atoms with Gasteiger partial charge in [0.2, 0.25) is 0 Å². The van der Waals surface area contributed by atoms with Crippen LogP contribution in [0.1, 0.15) is 11.4 Å². The van der Waals surface area contributed by atoms with Crippen molar-refractivity contribution in [2.45, 2.75) is 0 Å². The summed E-state index contributed by atoms with van der Waals surface area (Å²) in [6.45, 7) is 2.15. The van der Waals surface area contributed by atoms with Crippen molar-refractivity contribution >= 4 is 29.0 Å². The van der Waals surface area contributed by atoms with Crippen LogP contribution in [0, 0.1) is 0 Å². The van der Waals surface area contributed by atoms with Gasteiger partial charge in [-0.15, -0.1) is 0 Å². The van der Waals surface area contributed by atoms with E-state index in [1.807, 2.05) is 66.7 Å². The second-order valence-corrected chi connectivity index (χ2v) is 8.49. The number of ether oxygens (including phenoxy) is 3. The van der Waals surface area contributed by atoms with Crippen molar-refractivity contribution in [2.75, 3.05) is 40.0 Å². The zero-order valence-electron chi connectivity index (χ0n) is 20.5. The molecule has 0 N–H and O–H groups in total. The monoisotopic (exact) mass is 497 g/mol. The first-order valence-corrected chi connectivity index (χ1v) is 12.1. The zero-order valence-corrected chi connectivity index (χ0v) is 20.5. The van der Waals surface area contributed by atoms with E-state index in [1.54, 1.807) is 34.8 Å². The first kappa shape index (κ1) is 24.3. The Bertz CT molecular complexity index is 1490. The number of carbonyl (C=O) groups is 1. The lowest BCUT2D eigenvalue weighted by Gasteiger charge is -2.26. The molecule has 1 aliphatic heterocycles. The highest BCUT2D eigenvalue weighted by molar-refractivity contribution is 5.80. The number of fused-ring (bicyclic) bond motifs is 1. The van der Waals surface area contributed by atoms with Gasteiger partial charge in [0.1, 0.15) is 5.82 Å². The second-order valence-electron chi connectivity index (χ2n) is 8.49. The Balaban J connectivity index is 1.41. The van der Waals surface area contributed by atoms with Gasteiger partial charge in [-0.3, -0.25) is 14.2 Å². The number of para-hydroxylation sites is 2. The first-order valence-electron chi connectivity index (χ1n) is 12.1. The molecule has 1 fully saturated rings. The molecule has 1 saturated heterocycles. The standard InChI is InChI=1S/C29H27N3O5/c1-35-26-19-21(11-13-25(26)37-20-28(33)31-15-17-36-18-16-31)12-14-27-30-24-10-6-5-9-23(24)29(34)32(27)22-7-3-2-4-8-22/h2-14,19H,15-18,20H2,1H3. The van der Waals surface area contributed by atoms with Crippen LogP contribution in [0.15, 0.2) is 77.6 Å². The Labute approximate surface area is 214 Å². The fraction of sp³-hybridized carbons (Fsp3) is 0.207. The predicted molar refractivity (Wildman–Crippen MR) is 142 cm³/mol. The Morgan fingerprint density at radius 2 is 1.73 bits per heavy atom. The zero-order chi connectivity index (χ0) is 25.6. The fourth-order valence-electron chi connectivity index (χ4n) is 4.21. The molecule has 188 valence electrons. The normalized spacial score (nSPS) is 13.7. The molecule has 3 aromatic carbocycles. The molecular weight excluding hydrogens is 470 g/mol. The Hall–Kier alpha value is -4.43. The second kappa shape index (κ2) is 11.1. The summed E-state index contributed by atoms with van der Waals surface area (Å²) in [7, 11) is 1.55. The third-order valence-corrected chi connectivity index (χ3v) is 6.14. The lowest BCUT2D eigenvalue weighted by molar-refractivity contribution is -0.137. The SMILES string of the molecule is COc1cc(C=Cc2nc3ccccc3c(=O)n2-c2ccccc2)ccc1OCC(=O)N1CCOCC1. The van der Waals surface area contributed by atoms with E-state index in [2.05, 4.69) is 0 Å². The minimum absolute atomic E-state index is 0.0735. The van der Waals surface area contributed by atoms with Crippen LogP contribution in [0.4, 0.5) is 0 Å². The number of hydrogen-bond donors (Lipinski definition) is 0. The highest BCUT2D eigenvalue weighted by Gasteiger charge is 2.18. The van der Waals surface area contributed by atoms with Crippen LogP contribution >= 0.6 is 0 Å². The predicted octanol–water partition coefficient (Wildman–Crippen LogP) is 3.80. The van der Waals surface area contributed by atoms with Gasteiger partial charge in [-0.1, -0.05) is 42.5 Å². The maximum atomic E-state index is 13.4.